The highest BCUT2D eigenvalue weighted by Crippen LogP contribution is 2.30. The minimum atomic E-state index is -1.01. The van der Waals surface area contributed by atoms with Gasteiger partial charge in [0.2, 0.25) is 11.8 Å². The van der Waals surface area contributed by atoms with Gasteiger partial charge in [-0.05, 0) is 55.5 Å². The highest BCUT2D eigenvalue weighted by Gasteiger charge is 2.30. The Morgan fingerprint density at radius 2 is 1.43 bits per heavy atom. The lowest BCUT2D eigenvalue weighted by Crippen LogP contribution is -2.35. The number of benzene rings is 2. The molecule has 0 aliphatic heterocycles. The van der Waals surface area contributed by atoms with Crippen molar-refractivity contribution >= 4 is 17.5 Å². The van der Waals surface area contributed by atoms with Crippen molar-refractivity contribution in [3.05, 3.63) is 65.5 Å². The smallest absolute Gasteiger partial charge is 0.227 e. The van der Waals surface area contributed by atoms with E-state index in [1.165, 1.54) is 18.2 Å². The minimum Gasteiger partial charge on any atom is -0.352 e. The molecule has 2 aromatic rings. The van der Waals surface area contributed by atoms with Crippen LogP contribution in [0.1, 0.15) is 31.2 Å². The Hall–Kier alpha value is -2.83. The third-order valence-electron chi connectivity index (χ3n) is 5.04. The predicted molar refractivity (Wildman–Crippen MR) is 98.7 cm³/mol. The van der Waals surface area contributed by atoms with E-state index in [0.717, 1.165) is 17.7 Å². The molecule has 2 aromatic carbocycles. The summed E-state index contributed by atoms with van der Waals surface area (Å²) in [5.41, 5.74) is 1.03. The molecular weight excluding hydrogens is 369 g/mol. The van der Waals surface area contributed by atoms with Crippen molar-refractivity contribution in [2.45, 2.75) is 32.2 Å². The summed E-state index contributed by atoms with van der Waals surface area (Å²) in [5, 5.41) is 5.44. The molecule has 0 radical (unpaired) electrons. The zero-order valence-electron chi connectivity index (χ0n) is 15.2. The number of hydrogen-bond acceptors (Lipinski definition) is 2. The minimum absolute atomic E-state index is 0.0798. The second-order valence-corrected chi connectivity index (χ2v) is 7.01. The lowest BCUT2D eigenvalue weighted by Gasteiger charge is -2.27. The summed E-state index contributed by atoms with van der Waals surface area (Å²) in [5.74, 6) is -3.08. The summed E-state index contributed by atoms with van der Waals surface area (Å²) in [4.78, 5) is 24.6. The van der Waals surface area contributed by atoms with Crippen LogP contribution < -0.4 is 10.6 Å². The fraction of sp³-hybridized carbons (Fsp3) is 0.333. The normalized spacial score (nSPS) is 19.1. The van der Waals surface area contributed by atoms with E-state index >= 15 is 0 Å². The molecular formula is C21H21F3N2O2. The molecule has 0 unspecified atom stereocenters. The summed E-state index contributed by atoms with van der Waals surface area (Å²) in [6.07, 6.45) is 2.24. The standard InChI is InChI=1S/C21H21F3N2O2/c22-16-7-1-13(2-8-16)12-25-20(27)14-3-5-15(6-4-14)21(28)26-17-9-10-18(23)19(24)11-17/h1-2,7-11,14-15H,3-6,12H2,(H,25,27)(H,26,28). The van der Waals surface area contributed by atoms with E-state index in [4.69, 9.17) is 0 Å². The van der Waals surface area contributed by atoms with Crippen LogP contribution in [0.2, 0.25) is 0 Å². The molecule has 1 fully saturated rings. The van der Waals surface area contributed by atoms with Gasteiger partial charge in [-0.3, -0.25) is 9.59 Å². The first-order valence-electron chi connectivity index (χ1n) is 9.20. The van der Waals surface area contributed by atoms with E-state index < -0.39 is 11.6 Å². The van der Waals surface area contributed by atoms with Crippen LogP contribution in [0.5, 0.6) is 0 Å². The molecule has 4 nitrogen and oxygen atoms in total. The molecule has 0 heterocycles. The van der Waals surface area contributed by atoms with Gasteiger partial charge in [-0.1, -0.05) is 12.1 Å². The summed E-state index contributed by atoms with van der Waals surface area (Å²) < 4.78 is 39.1. The number of amides is 2. The van der Waals surface area contributed by atoms with Crippen LogP contribution >= 0.6 is 0 Å². The maximum Gasteiger partial charge on any atom is 0.227 e. The average Bonchev–Trinajstić information content (AvgIpc) is 2.70. The van der Waals surface area contributed by atoms with E-state index in [1.807, 2.05) is 0 Å². The van der Waals surface area contributed by atoms with Crippen LogP contribution in [0.3, 0.4) is 0 Å². The predicted octanol–water partition coefficient (Wildman–Crippen LogP) is 4.17. The first-order valence-corrected chi connectivity index (χ1v) is 9.20. The molecule has 1 aliphatic rings. The fourth-order valence-corrected chi connectivity index (χ4v) is 3.37. The van der Waals surface area contributed by atoms with Gasteiger partial charge in [0, 0.05) is 30.1 Å². The third-order valence-corrected chi connectivity index (χ3v) is 5.04. The Bertz CT molecular complexity index is 847. The number of halogens is 3. The monoisotopic (exact) mass is 390 g/mol. The van der Waals surface area contributed by atoms with Crippen molar-refractivity contribution < 1.29 is 22.8 Å². The highest BCUT2D eigenvalue weighted by molar-refractivity contribution is 5.92. The van der Waals surface area contributed by atoms with E-state index in [0.29, 0.717) is 32.2 Å². The maximum atomic E-state index is 13.2. The van der Waals surface area contributed by atoms with Crippen LogP contribution in [-0.2, 0) is 16.1 Å². The molecule has 0 aromatic heterocycles. The molecule has 3 rings (SSSR count). The van der Waals surface area contributed by atoms with E-state index in [1.54, 1.807) is 12.1 Å². The summed E-state index contributed by atoms with van der Waals surface area (Å²) in [6, 6.07) is 9.15. The van der Waals surface area contributed by atoms with Crippen LogP contribution in [-0.4, -0.2) is 11.8 Å². The molecule has 1 saturated carbocycles. The van der Waals surface area contributed by atoms with Crippen molar-refractivity contribution in [2.75, 3.05) is 5.32 Å². The lowest BCUT2D eigenvalue weighted by molar-refractivity contribution is -0.128. The molecule has 0 bridgehead atoms. The van der Waals surface area contributed by atoms with E-state index in [-0.39, 0.29) is 35.2 Å². The fourth-order valence-electron chi connectivity index (χ4n) is 3.37. The second-order valence-electron chi connectivity index (χ2n) is 7.01. The van der Waals surface area contributed by atoms with Gasteiger partial charge in [0.25, 0.3) is 0 Å². The number of carbonyl (C=O) groups excluding carboxylic acids is 2. The molecule has 0 atom stereocenters. The van der Waals surface area contributed by atoms with Gasteiger partial charge in [0.1, 0.15) is 5.82 Å². The Kier molecular flexibility index (Phi) is 6.34. The highest BCUT2D eigenvalue weighted by atomic mass is 19.2. The number of anilines is 1. The van der Waals surface area contributed by atoms with Crippen molar-refractivity contribution in [1.82, 2.24) is 5.32 Å². The zero-order valence-corrected chi connectivity index (χ0v) is 15.2. The Balaban J connectivity index is 1.45. The number of nitrogens with one attached hydrogen (secondary N) is 2. The van der Waals surface area contributed by atoms with Gasteiger partial charge in [-0.2, -0.15) is 0 Å². The van der Waals surface area contributed by atoms with Gasteiger partial charge in [0.05, 0.1) is 0 Å². The van der Waals surface area contributed by atoms with Crippen molar-refractivity contribution in [1.29, 1.82) is 0 Å². The molecule has 1 aliphatic carbocycles. The van der Waals surface area contributed by atoms with Crippen molar-refractivity contribution in [3.8, 4) is 0 Å². The Labute approximate surface area is 161 Å². The summed E-state index contributed by atoms with van der Waals surface area (Å²) in [7, 11) is 0. The molecule has 2 N–H and O–H groups in total. The number of carbonyl (C=O) groups is 2. The van der Waals surface area contributed by atoms with Crippen molar-refractivity contribution in [2.24, 2.45) is 11.8 Å². The van der Waals surface area contributed by atoms with E-state index in [2.05, 4.69) is 10.6 Å². The summed E-state index contributed by atoms with van der Waals surface area (Å²) in [6.45, 7) is 0.329. The lowest BCUT2D eigenvalue weighted by atomic mass is 9.81. The van der Waals surface area contributed by atoms with Crippen LogP contribution in [0, 0.1) is 29.3 Å². The first-order chi connectivity index (χ1) is 13.4. The number of rotatable bonds is 5. The average molecular weight is 390 g/mol. The molecule has 28 heavy (non-hydrogen) atoms. The SMILES string of the molecule is O=C(NCc1ccc(F)cc1)C1CCC(C(=O)Nc2ccc(F)c(F)c2)CC1. The second kappa shape index (κ2) is 8.91. The Morgan fingerprint density at radius 1 is 0.821 bits per heavy atom. The van der Waals surface area contributed by atoms with Gasteiger partial charge in [0.15, 0.2) is 11.6 Å². The molecule has 0 saturated heterocycles. The van der Waals surface area contributed by atoms with Gasteiger partial charge in [-0.25, -0.2) is 13.2 Å². The van der Waals surface area contributed by atoms with Crippen LogP contribution in [0.25, 0.3) is 0 Å². The van der Waals surface area contributed by atoms with Gasteiger partial charge < -0.3 is 10.6 Å². The van der Waals surface area contributed by atoms with Gasteiger partial charge in [-0.15, -0.1) is 0 Å². The Morgan fingerprint density at radius 3 is 2.04 bits per heavy atom. The maximum absolute atomic E-state index is 13.2. The van der Waals surface area contributed by atoms with Crippen LogP contribution in [0.15, 0.2) is 42.5 Å². The largest absolute Gasteiger partial charge is 0.352 e. The van der Waals surface area contributed by atoms with Gasteiger partial charge >= 0.3 is 0 Å². The topological polar surface area (TPSA) is 58.2 Å². The first kappa shape index (κ1) is 19.9. The zero-order chi connectivity index (χ0) is 20.1. The van der Waals surface area contributed by atoms with Crippen LogP contribution in [0.4, 0.5) is 18.9 Å². The summed E-state index contributed by atoms with van der Waals surface area (Å²) >= 11 is 0. The number of hydrogen-bond donors (Lipinski definition) is 2. The third kappa shape index (κ3) is 5.12. The molecule has 7 heteroatoms. The molecule has 148 valence electrons. The quantitative estimate of drug-likeness (QED) is 0.805. The van der Waals surface area contributed by atoms with Crippen molar-refractivity contribution in [3.63, 3.8) is 0 Å². The van der Waals surface area contributed by atoms with E-state index in [9.17, 15) is 22.8 Å². The molecule has 0 spiro atoms. The molecule has 2 amide bonds.